The van der Waals surface area contributed by atoms with E-state index in [0.29, 0.717) is 5.56 Å². The molecule has 0 amide bonds. The number of carbonyl (C=O) groups excluding carboxylic acids is 1. The van der Waals surface area contributed by atoms with Crippen LogP contribution in [0.5, 0.6) is 0 Å². The van der Waals surface area contributed by atoms with Gasteiger partial charge in [-0.3, -0.25) is 14.9 Å². The lowest BCUT2D eigenvalue weighted by atomic mass is 9.95. The average molecular weight is 283 g/mol. The summed E-state index contributed by atoms with van der Waals surface area (Å²) < 4.78 is 0. The van der Waals surface area contributed by atoms with Gasteiger partial charge in [0, 0.05) is 11.6 Å². The van der Waals surface area contributed by atoms with Gasteiger partial charge in [0.15, 0.2) is 5.78 Å². The number of nitrogens with zero attached hydrogens (tertiary/aromatic N) is 1. The number of carbonyl (C=O) groups is 1. The van der Waals surface area contributed by atoms with Crippen molar-refractivity contribution >= 4 is 11.5 Å². The highest BCUT2D eigenvalue weighted by Gasteiger charge is 2.22. The monoisotopic (exact) mass is 283 g/mol. The zero-order valence-electron chi connectivity index (χ0n) is 12.6. The zero-order chi connectivity index (χ0) is 15.7. The van der Waals surface area contributed by atoms with E-state index in [-0.39, 0.29) is 17.0 Å². The van der Waals surface area contributed by atoms with Gasteiger partial charge in [-0.05, 0) is 62.1 Å². The van der Waals surface area contributed by atoms with E-state index >= 15 is 0 Å². The summed E-state index contributed by atoms with van der Waals surface area (Å²) in [4.78, 5) is 23.3. The van der Waals surface area contributed by atoms with E-state index in [9.17, 15) is 14.9 Å². The molecule has 2 rings (SSSR count). The van der Waals surface area contributed by atoms with Crippen molar-refractivity contribution in [1.82, 2.24) is 0 Å². The molecule has 0 N–H and O–H groups in total. The van der Waals surface area contributed by atoms with Gasteiger partial charge in [0.1, 0.15) is 5.56 Å². The third-order valence-corrected chi connectivity index (χ3v) is 3.82. The summed E-state index contributed by atoms with van der Waals surface area (Å²) in [6.07, 6.45) is 0. The molecular formula is C17H17NO3. The number of hydrogen-bond donors (Lipinski definition) is 0. The van der Waals surface area contributed by atoms with Crippen LogP contribution in [0, 0.1) is 37.8 Å². The van der Waals surface area contributed by atoms with Gasteiger partial charge in [0.2, 0.25) is 0 Å². The minimum absolute atomic E-state index is 0.138. The van der Waals surface area contributed by atoms with Crippen molar-refractivity contribution in [1.29, 1.82) is 0 Å². The summed E-state index contributed by atoms with van der Waals surface area (Å²) in [7, 11) is 0. The molecule has 0 saturated carbocycles. The number of hydrogen-bond acceptors (Lipinski definition) is 3. The fraction of sp³-hybridized carbons (Fsp3) is 0.235. The molecule has 0 radical (unpaired) electrons. The van der Waals surface area contributed by atoms with Crippen molar-refractivity contribution in [3.8, 4) is 0 Å². The molecule has 0 spiro atoms. The van der Waals surface area contributed by atoms with E-state index in [1.54, 1.807) is 25.1 Å². The van der Waals surface area contributed by atoms with Crippen LogP contribution in [0.15, 0.2) is 30.3 Å². The van der Waals surface area contributed by atoms with Gasteiger partial charge in [-0.2, -0.15) is 0 Å². The standard InChI is InChI=1S/C17H17NO3/c1-10-5-6-14(7-11(10)2)17(19)15-8-12(3)13(4)9-16(15)18(20)21/h5-9H,1-4H3. The molecule has 0 aromatic heterocycles. The topological polar surface area (TPSA) is 60.2 Å². The molecule has 0 atom stereocenters. The Morgan fingerprint density at radius 2 is 1.48 bits per heavy atom. The van der Waals surface area contributed by atoms with Crippen molar-refractivity contribution in [2.24, 2.45) is 0 Å². The van der Waals surface area contributed by atoms with Crippen LogP contribution in [-0.4, -0.2) is 10.7 Å². The number of rotatable bonds is 3. The maximum Gasteiger partial charge on any atom is 0.280 e. The maximum atomic E-state index is 12.6. The first-order chi connectivity index (χ1) is 9.81. The fourth-order valence-corrected chi connectivity index (χ4v) is 2.17. The van der Waals surface area contributed by atoms with Crippen LogP contribution < -0.4 is 0 Å². The van der Waals surface area contributed by atoms with Crippen molar-refractivity contribution in [3.63, 3.8) is 0 Å². The molecule has 21 heavy (non-hydrogen) atoms. The maximum absolute atomic E-state index is 12.6. The molecule has 0 aliphatic carbocycles. The minimum Gasteiger partial charge on any atom is -0.288 e. The Labute approximate surface area is 123 Å². The van der Waals surface area contributed by atoms with E-state index in [4.69, 9.17) is 0 Å². The van der Waals surface area contributed by atoms with Crippen LogP contribution in [0.2, 0.25) is 0 Å². The normalized spacial score (nSPS) is 10.5. The van der Waals surface area contributed by atoms with Crippen molar-refractivity contribution < 1.29 is 9.72 Å². The second-order valence-corrected chi connectivity index (χ2v) is 5.34. The van der Waals surface area contributed by atoms with Gasteiger partial charge >= 0.3 is 0 Å². The van der Waals surface area contributed by atoms with Crippen LogP contribution >= 0.6 is 0 Å². The number of aryl methyl sites for hydroxylation is 4. The SMILES string of the molecule is Cc1ccc(C(=O)c2cc(C)c(C)cc2[N+](=O)[O-])cc1C. The Balaban J connectivity index is 2.59. The summed E-state index contributed by atoms with van der Waals surface area (Å²) in [6, 6.07) is 8.41. The summed E-state index contributed by atoms with van der Waals surface area (Å²) in [5.74, 6) is -0.312. The van der Waals surface area contributed by atoms with Crippen LogP contribution in [0.1, 0.15) is 38.2 Å². The Bertz CT molecular complexity index is 748. The summed E-state index contributed by atoms with van der Waals surface area (Å²) in [5.41, 5.74) is 4.23. The van der Waals surface area contributed by atoms with Crippen molar-refractivity contribution in [2.45, 2.75) is 27.7 Å². The molecular weight excluding hydrogens is 266 g/mol. The van der Waals surface area contributed by atoms with Gasteiger partial charge in [-0.1, -0.05) is 12.1 Å². The lowest BCUT2D eigenvalue weighted by molar-refractivity contribution is -0.385. The molecule has 0 aliphatic rings. The Kier molecular flexibility index (Phi) is 3.89. The molecule has 0 unspecified atom stereocenters. The summed E-state index contributed by atoms with van der Waals surface area (Å²) in [6.45, 7) is 7.52. The molecule has 108 valence electrons. The highest BCUT2D eigenvalue weighted by Crippen LogP contribution is 2.26. The second-order valence-electron chi connectivity index (χ2n) is 5.34. The fourth-order valence-electron chi connectivity index (χ4n) is 2.17. The first-order valence-corrected chi connectivity index (χ1v) is 6.69. The van der Waals surface area contributed by atoms with E-state index < -0.39 is 4.92 Å². The van der Waals surface area contributed by atoms with Crippen LogP contribution in [0.25, 0.3) is 0 Å². The molecule has 0 saturated heterocycles. The van der Waals surface area contributed by atoms with E-state index in [1.807, 2.05) is 26.8 Å². The van der Waals surface area contributed by atoms with Gasteiger partial charge in [-0.15, -0.1) is 0 Å². The molecule has 2 aromatic carbocycles. The van der Waals surface area contributed by atoms with Gasteiger partial charge in [0.25, 0.3) is 5.69 Å². The smallest absolute Gasteiger partial charge is 0.280 e. The van der Waals surface area contributed by atoms with Crippen LogP contribution in [0.3, 0.4) is 0 Å². The number of nitro groups is 1. The Morgan fingerprint density at radius 3 is 2.05 bits per heavy atom. The summed E-state index contributed by atoms with van der Waals surface area (Å²) in [5, 5.41) is 11.2. The lowest BCUT2D eigenvalue weighted by Gasteiger charge is -2.08. The predicted octanol–water partition coefficient (Wildman–Crippen LogP) is 4.06. The van der Waals surface area contributed by atoms with Crippen molar-refractivity contribution in [3.05, 3.63) is 73.8 Å². The zero-order valence-corrected chi connectivity index (χ0v) is 12.6. The summed E-state index contributed by atoms with van der Waals surface area (Å²) >= 11 is 0. The number of nitro benzene ring substituents is 1. The minimum atomic E-state index is -0.499. The average Bonchev–Trinajstić information content (AvgIpc) is 2.43. The second kappa shape index (κ2) is 5.48. The third-order valence-electron chi connectivity index (χ3n) is 3.82. The van der Waals surface area contributed by atoms with Gasteiger partial charge in [0.05, 0.1) is 4.92 Å². The van der Waals surface area contributed by atoms with Gasteiger partial charge in [-0.25, -0.2) is 0 Å². The third kappa shape index (κ3) is 2.84. The molecule has 0 bridgehead atoms. The van der Waals surface area contributed by atoms with Crippen molar-refractivity contribution in [2.75, 3.05) is 0 Å². The predicted molar refractivity (Wildman–Crippen MR) is 81.9 cm³/mol. The first kappa shape index (κ1) is 14.9. The number of benzene rings is 2. The largest absolute Gasteiger partial charge is 0.288 e. The Morgan fingerprint density at radius 1 is 0.905 bits per heavy atom. The van der Waals surface area contributed by atoms with E-state index in [1.165, 1.54) is 6.07 Å². The lowest BCUT2D eigenvalue weighted by Crippen LogP contribution is -2.07. The molecule has 0 fully saturated rings. The Hall–Kier alpha value is -2.49. The first-order valence-electron chi connectivity index (χ1n) is 6.69. The van der Waals surface area contributed by atoms with E-state index in [2.05, 4.69) is 0 Å². The number of ketones is 1. The molecule has 2 aromatic rings. The molecule has 4 nitrogen and oxygen atoms in total. The molecule has 0 aliphatic heterocycles. The van der Waals surface area contributed by atoms with Gasteiger partial charge < -0.3 is 0 Å². The highest BCUT2D eigenvalue weighted by molar-refractivity contribution is 6.11. The van der Waals surface area contributed by atoms with Crippen LogP contribution in [-0.2, 0) is 0 Å². The molecule has 0 heterocycles. The van der Waals surface area contributed by atoms with E-state index in [0.717, 1.165) is 22.3 Å². The highest BCUT2D eigenvalue weighted by atomic mass is 16.6. The molecule has 4 heteroatoms. The quantitative estimate of drug-likeness (QED) is 0.485. The van der Waals surface area contributed by atoms with Crippen LogP contribution in [0.4, 0.5) is 5.69 Å².